The first kappa shape index (κ1) is 42.7. The van der Waals surface area contributed by atoms with Crippen LogP contribution in [0.4, 0.5) is 0 Å². The Hall–Kier alpha value is -2.70. The van der Waals surface area contributed by atoms with Crippen LogP contribution in [0.1, 0.15) is 99.1 Å². The minimum absolute atomic E-state index is 0. The molecule has 0 aliphatic rings. The maximum atomic E-state index is 11.7. The average Bonchev–Trinajstić information content (AvgIpc) is 3.43. The fraction of sp³-hybridized carbons (Fsp3) is 0.477. The standard InChI is InChI=1S/C31H35N2SSi.C13H24O2.Ir/c1-19(2)13-21-15-22(14-20-9-11-24(17-26(20)21)35(6,7)8)28-30-29(33-18-32-28)25-12-10-23(31(3,4)5)16-27(25)34-30;1-5-10(6-2)12(14)9-13(15)11(7-3)8-4;/h9-12,15-19H,13H2,1-8H3;9-11,14H,5-8H2,1-4H3;/q-1;;/b;12-9-;. The number of benzene rings is 3. The van der Waals surface area contributed by atoms with Gasteiger partial charge in [0, 0.05) is 58.5 Å². The van der Waals surface area contributed by atoms with Crippen molar-refractivity contribution in [3.05, 3.63) is 77.8 Å². The Balaban J connectivity index is 0.000000374. The van der Waals surface area contributed by atoms with Crippen LogP contribution in [-0.4, -0.2) is 28.9 Å². The molecule has 277 valence electrons. The van der Waals surface area contributed by atoms with E-state index in [1.54, 1.807) is 17.7 Å². The van der Waals surface area contributed by atoms with E-state index in [0.29, 0.717) is 5.92 Å². The molecule has 2 heterocycles. The Morgan fingerprint density at radius 1 is 0.902 bits per heavy atom. The van der Waals surface area contributed by atoms with Gasteiger partial charge >= 0.3 is 0 Å². The maximum Gasteiger partial charge on any atom is 0.162 e. The third kappa shape index (κ3) is 10.3. The Bertz CT molecular complexity index is 1980. The van der Waals surface area contributed by atoms with Crippen molar-refractivity contribution in [3.63, 3.8) is 0 Å². The molecule has 2 aromatic heterocycles. The van der Waals surface area contributed by atoms with E-state index in [1.807, 2.05) is 27.7 Å². The van der Waals surface area contributed by atoms with Crippen molar-refractivity contribution < 1.29 is 30.0 Å². The number of aliphatic hydroxyl groups is 1. The number of aliphatic hydroxyl groups excluding tert-OH is 1. The summed E-state index contributed by atoms with van der Waals surface area (Å²) in [4.78, 5) is 21.2. The minimum atomic E-state index is -1.40. The van der Waals surface area contributed by atoms with Crippen LogP contribution >= 0.6 is 11.3 Å². The number of carbonyl (C=O) groups is 1. The van der Waals surface area contributed by atoms with Crippen molar-refractivity contribution in [2.45, 2.75) is 119 Å². The van der Waals surface area contributed by atoms with Gasteiger partial charge in [-0.25, -0.2) is 4.98 Å². The van der Waals surface area contributed by atoms with E-state index in [0.717, 1.165) is 53.6 Å². The summed E-state index contributed by atoms with van der Waals surface area (Å²) >= 11 is 1.80. The number of rotatable bonds is 11. The normalized spacial score (nSPS) is 12.6. The van der Waals surface area contributed by atoms with E-state index in [2.05, 4.69) is 103 Å². The molecule has 0 bridgehead atoms. The summed E-state index contributed by atoms with van der Waals surface area (Å²) in [5, 5.41) is 15.0. The summed E-state index contributed by atoms with van der Waals surface area (Å²) in [6.07, 6.45) is 7.67. The largest absolute Gasteiger partial charge is 0.512 e. The van der Waals surface area contributed by atoms with Crippen molar-refractivity contribution in [3.8, 4) is 11.3 Å². The quantitative estimate of drug-likeness (QED) is 0.0621. The molecule has 0 atom stereocenters. The molecule has 0 unspecified atom stereocenters. The van der Waals surface area contributed by atoms with Gasteiger partial charge in [0.25, 0.3) is 0 Å². The third-order valence-corrected chi connectivity index (χ3v) is 13.1. The third-order valence-electron chi connectivity index (χ3n) is 9.90. The van der Waals surface area contributed by atoms with Crippen LogP contribution in [0, 0.1) is 23.8 Å². The van der Waals surface area contributed by atoms with Gasteiger partial charge in [0.1, 0.15) is 6.33 Å². The number of fused-ring (bicyclic) bond motifs is 4. The molecule has 0 fully saturated rings. The predicted octanol–water partition coefficient (Wildman–Crippen LogP) is 12.4. The number of hydrogen-bond donors (Lipinski definition) is 1. The summed E-state index contributed by atoms with van der Waals surface area (Å²) < 4.78 is 2.43. The summed E-state index contributed by atoms with van der Waals surface area (Å²) in [7, 11) is -1.40. The smallest absolute Gasteiger partial charge is 0.162 e. The SMILES string of the molecule is CC(C)Cc1cc(-c2ncnc3c2sc2cc(C(C)(C)C)ccc23)[c-]c2ccc([Si](C)(C)C)cc12.CCC(CC)C(=O)/C=C(\O)C(CC)CC.[Ir]. The first-order valence-corrected chi connectivity index (χ1v) is 23.0. The van der Waals surface area contributed by atoms with Crippen LogP contribution in [0.3, 0.4) is 0 Å². The van der Waals surface area contributed by atoms with E-state index >= 15 is 0 Å². The summed E-state index contributed by atoms with van der Waals surface area (Å²) in [6, 6.07) is 19.9. The van der Waals surface area contributed by atoms with Gasteiger partial charge in [0.05, 0.1) is 19.3 Å². The number of allylic oxidation sites excluding steroid dienone is 2. The summed E-state index contributed by atoms with van der Waals surface area (Å²) in [5.41, 5.74) is 5.97. The molecule has 1 N–H and O–H groups in total. The van der Waals surface area contributed by atoms with Crippen LogP contribution in [-0.2, 0) is 36.7 Å². The summed E-state index contributed by atoms with van der Waals surface area (Å²) in [6.45, 7) is 26.7. The molecule has 1 radical (unpaired) electrons. The predicted molar refractivity (Wildman–Crippen MR) is 221 cm³/mol. The average molecular weight is 900 g/mol. The van der Waals surface area contributed by atoms with E-state index < -0.39 is 8.07 Å². The molecule has 7 heteroatoms. The molecule has 0 spiro atoms. The number of aromatic nitrogens is 2. The zero-order valence-corrected chi connectivity index (χ0v) is 37.2. The van der Waals surface area contributed by atoms with Gasteiger partial charge in [-0.2, -0.15) is 0 Å². The molecule has 0 aliphatic carbocycles. The second-order valence-electron chi connectivity index (χ2n) is 16.3. The zero-order valence-electron chi connectivity index (χ0n) is 33.0. The van der Waals surface area contributed by atoms with E-state index in [-0.39, 0.29) is 48.9 Å². The van der Waals surface area contributed by atoms with Crippen LogP contribution in [0.25, 0.3) is 42.3 Å². The monoisotopic (exact) mass is 900 g/mol. The van der Waals surface area contributed by atoms with Gasteiger partial charge in [-0.3, -0.25) is 9.78 Å². The van der Waals surface area contributed by atoms with Crippen LogP contribution in [0.5, 0.6) is 0 Å². The Morgan fingerprint density at radius 2 is 1.55 bits per heavy atom. The van der Waals surface area contributed by atoms with Crippen LogP contribution in [0.15, 0.2) is 60.6 Å². The van der Waals surface area contributed by atoms with Crippen molar-refractivity contribution in [1.82, 2.24) is 9.97 Å². The molecule has 0 amide bonds. The Labute approximate surface area is 326 Å². The molecule has 5 aromatic rings. The van der Waals surface area contributed by atoms with Gasteiger partial charge in [0.2, 0.25) is 0 Å². The minimum Gasteiger partial charge on any atom is -0.512 e. The molecular formula is C44H59IrN2O2SSi-. The molecule has 5 rings (SSSR count). The number of ketones is 1. The fourth-order valence-electron chi connectivity index (χ4n) is 6.57. The van der Waals surface area contributed by atoms with Crippen LogP contribution in [0.2, 0.25) is 19.6 Å². The van der Waals surface area contributed by atoms with E-state index in [9.17, 15) is 9.90 Å². The molecule has 0 aliphatic heterocycles. The molecule has 3 aromatic carbocycles. The van der Waals surface area contributed by atoms with Crippen LogP contribution < -0.4 is 5.19 Å². The van der Waals surface area contributed by atoms with Crippen molar-refractivity contribution in [2.75, 3.05) is 0 Å². The summed E-state index contributed by atoms with van der Waals surface area (Å²) in [5.74, 6) is 1.13. The molecule has 51 heavy (non-hydrogen) atoms. The fourth-order valence-corrected chi connectivity index (χ4v) is 8.93. The second-order valence-corrected chi connectivity index (χ2v) is 22.4. The number of thiophene rings is 1. The van der Waals surface area contributed by atoms with E-state index in [1.165, 1.54) is 43.2 Å². The Morgan fingerprint density at radius 3 is 2.12 bits per heavy atom. The van der Waals surface area contributed by atoms with Gasteiger partial charge in [0.15, 0.2) is 5.78 Å². The second kappa shape index (κ2) is 17.9. The molecule has 0 saturated carbocycles. The van der Waals surface area contributed by atoms with Crippen molar-refractivity contribution in [2.24, 2.45) is 17.8 Å². The van der Waals surface area contributed by atoms with Crippen molar-refractivity contribution >= 4 is 61.5 Å². The molecule has 4 nitrogen and oxygen atoms in total. The number of hydrogen-bond acceptors (Lipinski definition) is 5. The number of carbonyl (C=O) groups excluding carboxylic acids is 1. The van der Waals surface area contributed by atoms with E-state index in [4.69, 9.17) is 9.97 Å². The molecular weight excluding hydrogens is 841 g/mol. The topological polar surface area (TPSA) is 63.1 Å². The molecule has 0 saturated heterocycles. The number of nitrogens with zero attached hydrogens (tertiary/aromatic N) is 2. The van der Waals surface area contributed by atoms with Crippen molar-refractivity contribution in [1.29, 1.82) is 0 Å². The van der Waals surface area contributed by atoms with Gasteiger partial charge in [-0.05, 0) is 55.1 Å². The van der Waals surface area contributed by atoms with Gasteiger partial charge in [-0.15, -0.1) is 40.5 Å². The first-order chi connectivity index (χ1) is 23.5. The van der Waals surface area contributed by atoms with Gasteiger partial charge < -0.3 is 5.11 Å². The van der Waals surface area contributed by atoms with Gasteiger partial charge in [-0.1, -0.05) is 122 Å². The first-order valence-electron chi connectivity index (χ1n) is 18.6. The zero-order chi connectivity index (χ0) is 37.0. The Kier molecular flexibility index (Phi) is 15.0. The maximum absolute atomic E-state index is 11.7.